The van der Waals surface area contributed by atoms with Gasteiger partial charge in [-0.05, 0) is 24.3 Å². The Kier molecular flexibility index (Phi) is 4.60. The fraction of sp³-hybridized carbons (Fsp3) is 0.143. The van der Waals surface area contributed by atoms with Gasteiger partial charge in [0.05, 0.1) is 12.2 Å². The largest absolute Gasteiger partial charge is 0.484 e. The summed E-state index contributed by atoms with van der Waals surface area (Å²) >= 11 is 0. The van der Waals surface area contributed by atoms with Gasteiger partial charge in [0, 0.05) is 12.3 Å². The van der Waals surface area contributed by atoms with Crippen molar-refractivity contribution in [2.24, 2.45) is 0 Å². The van der Waals surface area contributed by atoms with E-state index >= 15 is 0 Å². The lowest BCUT2D eigenvalue weighted by atomic mass is 10.3. The van der Waals surface area contributed by atoms with E-state index in [1.165, 1.54) is 6.07 Å². The lowest BCUT2D eigenvalue weighted by Crippen LogP contribution is -2.28. The van der Waals surface area contributed by atoms with Crippen molar-refractivity contribution in [1.29, 1.82) is 0 Å². The predicted octanol–water partition coefficient (Wildman–Crippen LogP) is 2.05. The van der Waals surface area contributed by atoms with Crippen LogP contribution in [0.25, 0.3) is 0 Å². The fourth-order valence-electron chi connectivity index (χ4n) is 1.46. The van der Waals surface area contributed by atoms with Crippen LogP contribution >= 0.6 is 0 Å². The minimum absolute atomic E-state index is 0.0943. The van der Waals surface area contributed by atoms with Crippen LogP contribution in [0, 0.1) is 11.6 Å². The molecular weight excluding hydrogens is 266 g/mol. The maximum atomic E-state index is 12.9. The molecule has 2 rings (SSSR count). The summed E-state index contributed by atoms with van der Waals surface area (Å²) in [5.41, 5.74) is 0.716. The van der Waals surface area contributed by atoms with Crippen molar-refractivity contribution in [3.63, 3.8) is 0 Å². The first-order valence-electron chi connectivity index (χ1n) is 5.89. The molecule has 1 aromatic heterocycles. The van der Waals surface area contributed by atoms with Gasteiger partial charge in [-0.25, -0.2) is 8.78 Å². The second-order valence-corrected chi connectivity index (χ2v) is 3.96. The summed E-state index contributed by atoms with van der Waals surface area (Å²) in [7, 11) is 0. The van der Waals surface area contributed by atoms with Crippen molar-refractivity contribution < 1.29 is 18.3 Å². The van der Waals surface area contributed by atoms with Crippen LogP contribution in [-0.2, 0) is 11.3 Å². The van der Waals surface area contributed by atoms with E-state index in [4.69, 9.17) is 4.74 Å². The molecule has 4 nitrogen and oxygen atoms in total. The maximum Gasteiger partial charge on any atom is 0.258 e. The predicted molar refractivity (Wildman–Crippen MR) is 67.9 cm³/mol. The molecule has 104 valence electrons. The molecule has 0 atom stereocenters. The standard InChI is InChI=1S/C14H12F2N2O2/c15-12-5-4-11(7-13(12)16)20-9-14(19)18-8-10-3-1-2-6-17-10/h1-7H,8-9H2,(H,18,19). The summed E-state index contributed by atoms with van der Waals surface area (Å²) in [6.45, 7) is -0.00127. The van der Waals surface area contributed by atoms with Crippen LogP contribution in [0.15, 0.2) is 42.6 Å². The molecule has 0 aliphatic heterocycles. The summed E-state index contributed by atoms with van der Waals surface area (Å²) < 4.78 is 30.7. The van der Waals surface area contributed by atoms with Crippen LogP contribution in [0.5, 0.6) is 5.75 Å². The Morgan fingerprint density at radius 2 is 2.05 bits per heavy atom. The van der Waals surface area contributed by atoms with Gasteiger partial charge < -0.3 is 10.1 Å². The number of carbonyl (C=O) groups excluding carboxylic acids is 1. The van der Waals surface area contributed by atoms with Gasteiger partial charge in [-0.15, -0.1) is 0 Å². The summed E-state index contributed by atoms with van der Waals surface area (Å²) in [4.78, 5) is 15.6. The summed E-state index contributed by atoms with van der Waals surface area (Å²) in [5, 5.41) is 2.60. The molecule has 2 aromatic rings. The number of aromatic nitrogens is 1. The monoisotopic (exact) mass is 278 g/mol. The van der Waals surface area contributed by atoms with Crippen LogP contribution in [0.2, 0.25) is 0 Å². The molecule has 0 bridgehead atoms. The molecular formula is C14H12F2N2O2. The molecule has 1 N–H and O–H groups in total. The Morgan fingerprint density at radius 3 is 2.75 bits per heavy atom. The Hall–Kier alpha value is -2.50. The van der Waals surface area contributed by atoms with Crippen LogP contribution in [0.3, 0.4) is 0 Å². The maximum absolute atomic E-state index is 12.9. The number of halogens is 2. The van der Waals surface area contributed by atoms with Crippen molar-refractivity contribution in [1.82, 2.24) is 10.3 Å². The molecule has 0 fully saturated rings. The van der Waals surface area contributed by atoms with E-state index in [-0.39, 0.29) is 24.8 Å². The first-order valence-corrected chi connectivity index (χ1v) is 5.89. The number of amides is 1. The van der Waals surface area contributed by atoms with Crippen molar-refractivity contribution in [2.45, 2.75) is 6.54 Å². The molecule has 1 heterocycles. The molecule has 1 aromatic carbocycles. The van der Waals surface area contributed by atoms with Crippen molar-refractivity contribution in [3.8, 4) is 5.75 Å². The first-order chi connectivity index (χ1) is 9.65. The van der Waals surface area contributed by atoms with Crippen LogP contribution in [0.1, 0.15) is 5.69 Å². The lowest BCUT2D eigenvalue weighted by molar-refractivity contribution is -0.123. The van der Waals surface area contributed by atoms with E-state index in [2.05, 4.69) is 10.3 Å². The highest BCUT2D eigenvalue weighted by atomic mass is 19.2. The SMILES string of the molecule is O=C(COc1ccc(F)c(F)c1)NCc1ccccn1. The molecule has 1 amide bonds. The Morgan fingerprint density at radius 1 is 1.20 bits per heavy atom. The zero-order valence-corrected chi connectivity index (χ0v) is 10.5. The molecule has 0 aliphatic rings. The molecule has 0 radical (unpaired) electrons. The molecule has 6 heteroatoms. The number of hydrogen-bond donors (Lipinski definition) is 1. The lowest BCUT2D eigenvalue weighted by Gasteiger charge is -2.07. The number of pyridine rings is 1. The highest BCUT2D eigenvalue weighted by molar-refractivity contribution is 5.77. The van der Waals surface area contributed by atoms with Gasteiger partial charge in [-0.2, -0.15) is 0 Å². The second kappa shape index (κ2) is 6.60. The number of nitrogens with one attached hydrogen (secondary N) is 1. The summed E-state index contributed by atoms with van der Waals surface area (Å²) in [6.07, 6.45) is 1.62. The van der Waals surface area contributed by atoms with Gasteiger partial charge in [-0.1, -0.05) is 6.07 Å². The third-order valence-electron chi connectivity index (χ3n) is 2.45. The molecule has 0 saturated carbocycles. The van der Waals surface area contributed by atoms with E-state index in [1.807, 2.05) is 6.07 Å². The topological polar surface area (TPSA) is 51.2 Å². The van der Waals surface area contributed by atoms with Gasteiger partial charge in [0.2, 0.25) is 0 Å². The Balaban J connectivity index is 1.79. The van der Waals surface area contributed by atoms with Gasteiger partial charge >= 0.3 is 0 Å². The minimum atomic E-state index is -1.02. The van der Waals surface area contributed by atoms with E-state index in [9.17, 15) is 13.6 Å². The third-order valence-corrected chi connectivity index (χ3v) is 2.45. The number of carbonyl (C=O) groups is 1. The second-order valence-electron chi connectivity index (χ2n) is 3.96. The third kappa shape index (κ3) is 4.01. The van der Waals surface area contributed by atoms with Gasteiger partial charge in [0.15, 0.2) is 18.2 Å². The Labute approximate surface area is 114 Å². The highest BCUT2D eigenvalue weighted by Crippen LogP contribution is 2.15. The van der Waals surface area contributed by atoms with Crippen LogP contribution in [0.4, 0.5) is 8.78 Å². The molecule has 0 unspecified atom stereocenters. The summed E-state index contributed by atoms with van der Waals surface area (Å²) in [6, 6.07) is 8.45. The van der Waals surface area contributed by atoms with Crippen molar-refractivity contribution >= 4 is 5.91 Å². The van der Waals surface area contributed by atoms with E-state index in [1.54, 1.807) is 18.3 Å². The summed E-state index contributed by atoms with van der Waals surface area (Å²) in [5.74, 6) is -2.26. The number of hydrogen-bond acceptors (Lipinski definition) is 3. The van der Waals surface area contributed by atoms with Gasteiger partial charge in [-0.3, -0.25) is 9.78 Å². The first kappa shape index (κ1) is 13.9. The highest BCUT2D eigenvalue weighted by Gasteiger charge is 2.06. The van der Waals surface area contributed by atoms with E-state index in [0.29, 0.717) is 5.69 Å². The van der Waals surface area contributed by atoms with Crippen LogP contribution < -0.4 is 10.1 Å². The van der Waals surface area contributed by atoms with Gasteiger partial charge in [0.25, 0.3) is 5.91 Å². The quantitative estimate of drug-likeness (QED) is 0.910. The van der Waals surface area contributed by atoms with Crippen molar-refractivity contribution in [2.75, 3.05) is 6.61 Å². The zero-order chi connectivity index (χ0) is 14.4. The smallest absolute Gasteiger partial charge is 0.258 e. The number of ether oxygens (including phenoxy) is 1. The number of benzene rings is 1. The zero-order valence-electron chi connectivity index (χ0n) is 10.5. The minimum Gasteiger partial charge on any atom is -0.484 e. The van der Waals surface area contributed by atoms with E-state index < -0.39 is 11.6 Å². The average molecular weight is 278 g/mol. The van der Waals surface area contributed by atoms with Crippen LogP contribution in [-0.4, -0.2) is 17.5 Å². The normalized spacial score (nSPS) is 10.1. The van der Waals surface area contributed by atoms with Gasteiger partial charge in [0.1, 0.15) is 5.75 Å². The van der Waals surface area contributed by atoms with Crippen molar-refractivity contribution in [3.05, 3.63) is 59.9 Å². The Bertz CT molecular complexity index is 591. The molecule has 0 aliphatic carbocycles. The molecule has 20 heavy (non-hydrogen) atoms. The molecule has 0 spiro atoms. The molecule has 0 saturated heterocycles. The average Bonchev–Trinajstić information content (AvgIpc) is 2.47. The fourth-order valence-corrected chi connectivity index (χ4v) is 1.46. The van der Waals surface area contributed by atoms with E-state index in [0.717, 1.165) is 12.1 Å². The number of rotatable bonds is 5. The number of nitrogens with zero attached hydrogens (tertiary/aromatic N) is 1.